The van der Waals surface area contributed by atoms with Crippen molar-refractivity contribution < 1.29 is 4.79 Å². The van der Waals surface area contributed by atoms with Crippen molar-refractivity contribution in [3.05, 3.63) is 88.9 Å². The van der Waals surface area contributed by atoms with Gasteiger partial charge in [0.15, 0.2) is 5.11 Å². The topological polar surface area (TPSA) is 64.9 Å². The molecule has 0 aliphatic heterocycles. The summed E-state index contributed by atoms with van der Waals surface area (Å²) in [7, 11) is 0. The SMILES string of the molecule is N#Cc1cccc(-c2ccc(NC(=S)NC(=O)c3cccc(Cl)c3)cc2)c1. The van der Waals surface area contributed by atoms with Gasteiger partial charge < -0.3 is 5.32 Å². The number of benzene rings is 3. The minimum absolute atomic E-state index is 0.194. The standard InChI is InChI=1S/C21H14ClN3OS/c22-18-6-2-5-17(12-18)20(26)25-21(27)24-19-9-7-15(8-10-19)16-4-1-3-14(11-16)13-23/h1-12H,(H2,24,25,26,27). The van der Waals surface area contributed by atoms with E-state index in [1.54, 1.807) is 30.3 Å². The smallest absolute Gasteiger partial charge is 0.257 e. The van der Waals surface area contributed by atoms with Crippen LogP contribution in [0, 0.1) is 11.3 Å². The van der Waals surface area contributed by atoms with Crippen LogP contribution in [0.4, 0.5) is 5.69 Å². The number of hydrogen-bond acceptors (Lipinski definition) is 3. The summed E-state index contributed by atoms with van der Waals surface area (Å²) in [4.78, 5) is 12.2. The second-order valence-corrected chi connectivity index (χ2v) is 6.53. The molecule has 6 heteroatoms. The third-order valence-electron chi connectivity index (χ3n) is 3.78. The summed E-state index contributed by atoms with van der Waals surface area (Å²) in [6.07, 6.45) is 0. The predicted molar refractivity (Wildman–Crippen MR) is 112 cm³/mol. The molecule has 0 bridgehead atoms. The minimum atomic E-state index is -0.333. The van der Waals surface area contributed by atoms with Gasteiger partial charge in [0.25, 0.3) is 5.91 Å². The quantitative estimate of drug-likeness (QED) is 0.616. The molecule has 0 atom stereocenters. The van der Waals surface area contributed by atoms with E-state index in [0.29, 0.717) is 16.1 Å². The predicted octanol–water partition coefficient (Wildman–Crippen LogP) is 5.01. The van der Waals surface area contributed by atoms with Crippen LogP contribution in [0.1, 0.15) is 15.9 Å². The molecule has 2 N–H and O–H groups in total. The highest BCUT2D eigenvalue weighted by Gasteiger charge is 2.08. The lowest BCUT2D eigenvalue weighted by Gasteiger charge is -2.10. The van der Waals surface area contributed by atoms with Crippen LogP contribution in [-0.4, -0.2) is 11.0 Å². The maximum absolute atomic E-state index is 12.2. The third kappa shape index (κ3) is 4.91. The molecule has 1 amide bonds. The number of nitriles is 1. The number of hydrogen-bond donors (Lipinski definition) is 2. The van der Waals surface area contributed by atoms with E-state index in [1.165, 1.54) is 0 Å². The molecule has 3 aromatic rings. The summed E-state index contributed by atoms with van der Waals surface area (Å²) in [5, 5.41) is 15.3. The van der Waals surface area contributed by atoms with Gasteiger partial charge in [-0.2, -0.15) is 5.26 Å². The highest BCUT2D eigenvalue weighted by molar-refractivity contribution is 7.80. The molecule has 0 spiro atoms. The van der Waals surface area contributed by atoms with Crippen molar-refractivity contribution in [3.8, 4) is 17.2 Å². The third-order valence-corrected chi connectivity index (χ3v) is 4.22. The number of carbonyl (C=O) groups is 1. The Labute approximate surface area is 167 Å². The lowest BCUT2D eigenvalue weighted by molar-refractivity contribution is 0.0977. The number of halogens is 1. The Bertz CT molecular complexity index is 1040. The maximum atomic E-state index is 12.2. The van der Waals surface area contributed by atoms with E-state index in [1.807, 2.05) is 42.5 Å². The Morgan fingerprint density at radius 1 is 0.963 bits per heavy atom. The van der Waals surface area contributed by atoms with Gasteiger partial charge in [0, 0.05) is 16.3 Å². The molecule has 27 heavy (non-hydrogen) atoms. The van der Waals surface area contributed by atoms with Crippen LogP contribution in [-0.2, 0) is 0 Å². The summed E-state index contributed by atoms with van der Waals surface area (Å²) in [6.45, 7) is 0. The molecular weight excluding hydrogens is 378 g/mol. The molecule has 0 radical (unpaired) electrons. The zero-order valence-corrected chi connectivity index (χ0v) is 15.6. The van der Waals surface area contributed by atoms with Crippen LogP contribution >= 0.6 is 23.8 Å². The molecule has 0 unspecified atom stereocenters. The van der Waals surface area contributed by atoms with Gasteiger partial charge in [-0.15, -0.1) is 0 Å². The van der Waals surface area contributed by atoms with Crippen molar-refractivity contribution in [1.29, 1.82) is 5.26 Å². The van der Waals surface area contributed by atoms with Crippen molar-refractivity contribution in [1.82, 2.24) is 5.32 Å². The van der Waals surface area contributed by atoms with Crippen molar-refractivity contribution in [2.24, 2.45) is 0 Å². The van der Waals surface area contributed by atoms with Crippen LogP contribution in [0.15, 0.2) is 72.8 Å². The molecule has 0 aromatic heterocycles. The number of nitrogens with one attached hydrogen (secondary N) is 2. The van der Waals surface area contributed by atoms with Gasteiger partial charge >= 0.3 is 0 Å². The normalized spacial score (nSPS) is 9.93. The van der Waals surface area contributed by atoms with E-state index in [4.69, 9.17) is 29.1 Å². The molecule has 4 nitrogen and oxygen atoms in total. The molecule has 0 saturated heterocycles. The number of carbonyl (C=O) groups excluding carboxylic acids is 1. The second kappa shape index (κ2) is 8.45. The number of thiocarbonyl (C=S) groups is 1. The highest BCUT2D eigenvalue weighted by atomic mass is 35.5. The van der Waals surface area contributed by atoms with Gasteiger partial charge in [-0.25, -0.2) is 0 Å². The van der Waals surface area contributed by atoms with Gasteiger partial charge in [0.1, 0.15) is 0 Å². The van der Waals surface area contributed by atoms with Gasteiger partial charge in [-0.1, -0.05) is 41.9 Å². The zero-order valence-electron chi connectivity index (χ0n) is 14.1. The summed E-state index contributed by atoms with van der Waals surface area (Å²) in [6, 6.07) is 23.7. The van der Waals surface area contributed by atoms with E-state index in [2.05, 4.69) is 16.7 Å². The first-order valence-corrected chi connectivity index (χ1v) is 8.82. The fourth-order valence-electron chi connectivity index (χ4n) is 2.48. The molecule has 3 aromatic carbocycles. The molecule has 0 fully saturated rings. The Balaban J connectivity index is 1.65. The number of anilines is 1. The summed E-state index contributed by atoms with van der Waals surface area (Å²) >= 11 is 11.1. The number of rotatable bonds is 3. The fraction of sp³-hybridized carbons (Fsp3) is 0. The first kappa shape index (κ1) is 18.6. The van der Waals surface area contributed by atoms with Crippen LogP contribution in [0.5, 0.6) is 0 Å². The van der Waals surface area contributed by atoms with Crippen molar-refractivity contribution in [3.63, 3.8) is 0 Å². The average Bonchev–Trinajstić information content (AvgIpc) is 2.68. The fourth-order valence-corrected chi connectivity index (χ4v) is 2.88. The summed E-state index contributed by atoms with van der Waals surface area (Å²) < 4.78 is 0. The molecular formula is C21H14ClN3OS. The Kier molecular flexibility index (Phi) is 5.82. The minimum Gasteiger partial charge on any atom is -0.332 e. The van der Waals surface area contributed by atoms with Gasteiger partial charge in [0.05, 0.1) is 11.6 Å². The lowest BCUT2D eigenvalue weighted by atomic mass is 10.0. The lowest BCUT2D eigenvalue weighted by Crippen LogP contribution is -2.34. The van der Waals surface area contributed by atoms with Crippen LogP contribution in [0.25, 0.3) is 11.1 Å². The maximum Gasteiger partial charge on any atom is 0.257 e. The Hall–Kier alpha value is -3.20. The Morgan fingerprint density at radius 2 is 1.70 bits per heavy atom. The van der Waals surface area contributed by atoms with Crippen molar-refractivity contribution in [2.75, 3.05) is 5.32 Å². The van der Waals surface area contributed by atoms with Crippen molar-refractivity contribution in [2.45, 2.75) is 0 Å². The number of nitrogens with zero attached hydrogens (tertiary/aromatic N) is 1. The van der Waals surface area contributed by atoms with E-state index in [9.17, 15) is 4.79 Å². The number of amides is 1. The second-order valence-electron chi connectivity index (χ2n) is 5.69. The first-order valence-electron chi connectivity index (χ1n) is 8.03. The largest absolute Gasteiger partial charge is 0.332 e. The van der Waals surface area contributed by atoms with Gasteiger partial charge in [0.2, 0.25) is 0 Å². The summed E-state index contributed by atoms with van der Waals surface area (Å²) in [5.41, 5.74) is 3.72. The van der Waals surface area contributed by atoms with E-state index in [-0.39, 0.29) is 11.0 Å². The van der Waals surface area contributed by atoms with Crippen LogP contribution < -0.4 is 10.6 Å². The molecule has 3 rings (SSSR count). The van der Waals surface area contributed by atoms with Gasteiger partial charge in [-0.05, 0) is 65.8 Å². The zero-order chi connectivity index (χ0) is 19.2. The molecule has 0 aliphatic rings. The summed E-state index contributed by atoms with van der Waals surface area (Å²) in [5.74, 6) is -0.333. The Morgan fingerprint density at radius 3 is 2.41 bits per heavy atom. The molecule has 0 saturated carbocycles. The molecule has 0 heterocycles. The van der Waals surface area contributed by atoms with Gasteiger partial charge in [-0.3, -0.25) is 10.1 Å². The van der Waals surface area contributed by atoms with E-state index < -0.39 is 0 Å². The van der Waals surface area contributed by atoms with E-state index in [0.717, 1.165) is 16.8 Å². The molecule has 0 aliphatic carbocycles. The molecule has 132 valence electrons. The highest BCUT2D eigenvalue weighted by Crippen LogP contribution is 2.22. The monoisotopic (exact) mass is 391 g/mol. The average molecular weight is 392 g/mol. The van der Waals surface area contributed by atoms with Crippen LogP contribution in [0.2, 0.25) is 5.02 Å². The van der Waals surface area contributed by atoms with Crippen LogP contribution in [0.3, 0.4) is 0 Å². The van der Waals surface area contributed by atoms with E-state index >= 15 is 0 Å². The first-order chi connectivity index (χ1) is 13.0. The van der Waals surface area contributed by atoms with Crippen molar-refractivity contribution >= 4 is 40.5 Å².